The van der Waals surface area contributed by atoms with Crippen LogP contribution in [0.3, 0.4) is 0 Å². The molecular weight excluding hydrogens is 409 g/mol. The summed E-state index contributed by atoms with van der Waals surface area (Å²) in [4.78, 5) is 16.9. The van der Waals surface area contributed by atoms with E-state index in [0.717, 1.165) is 22.3 Å². The smallest absolute Gasteiger partial charge is 0.323 e. The number of hydrogen-bond donors (Lipinski definition) is 3. The van der Waals surface area contributed by atoms with Crippen LogP contribution in [0.5, 0.6) is 11.5 Å². The van der Waals surface area contributed by atoms with E-state index < -0.39 is 0 Å². The van der Waals surface area contributed by atoms with Crippen molar-refractivity contribution in [3.8, 4) is 11.5 Å². The van der Waals surface area contributed by atoms with E-state index in [1.165, 1.54) is 6.07 Å². The van der Waals surface area contributed by atoms with Gasteiger partial charge in [0.05, 0.1) is 18.1 Å². The second-order valence-electron chi connectivity index (χ2n) is 6.52. The lowest BCUT2D eigenvalue weighted by atomic mass is 10.1. The number of nitrogens with one attached hydrogen (secondary N) is 3. The van der Waals surface area contributed by atoms with E-state index in [0.29, 0.717) is 23.6 Å². The van der Waals surface area contributed by atoms with Gasteiger partial charge in [-0.3, -0.25) is 0 Å². The van der Waals surface area contributed by atoms with Gasteiger partial charge in [-0.1, -0.05) is 30.3 Å². The van der Waals surface area contributed by atoms with Crippen molar-refractivity contribution in [3.63, 3.8) is 0 Å². The molecule has 6 nitrogen and oxygen atoms in total. The molecule has 0 radical (unpaired) electrons. The van der Waals surface area contributed by atoms with Gasteiger partial charge in [0.2, 0.25) is 0 Å². The lowest BCUT2D eigenvalue weighted by Gasteiger charge is -2.16. The Labute approximate surface area is 178 Å². The second kappa shape index (κ2) is 9.37. The highest BCUT2D eigenvalue weighted by molar-refractivity contribution is 5.85. The van der Waals surface area contributed by atoms with Crippen LogP contribution in [0.4, 0.5) is 10.1 Å². The molecular formula is C22H21ClFN3O3. The summed E-state index contributed by atoms with van der Waals surface area (Å²) in [5, 5.41) is 3.32. The van der Waals surface area contributed by atoms with E-state index in [2.05, 4.69) is 15.3 Å². The van der Waals surface area contributed by atoms with Gasteiger partial charge in [-0.15, -0.1) is 12.4 Å². The predicted molar refractivity (Wildman–Crippen MR) is 117 cm³/mol. The molecule has 0 amide bonds. The Morgan fingerprint density at radius 3 is 2.53 bits per heavy atom. The Hall–Kier alpha value is -3.45. The standard InChI is InChI=1S/C22H20FN3O3.ClH/c1-28-20-8-4-6-14(21(20)29-13-15-5-2-3-7-17(15)23)12-24-16-9-10-18-19(11-16)26-22(27)25-18;/h2-11,24H,12-13H2,1H3,(H2,25,26,27);1H. The van der Waals surface area contributed by atoms with E-state index >= 15 is 0 Å². The van der Waals surface area contributed by atoms with Crippen LogP contribution in [-0.4, -0.2) is 17.1 Å². The third-order valence-corrected chi connectivity index (χ3v) is 4.61. The predicted octanol–water partition coefficient (Wildman–Crippen LogP) is 4.62. The average Bonchev–Trinajstić information content (AvgIpc) is 3.11. The number of imidazole rings is 1. The first-order chi connectivity index (χ1) is 14.1. The third kappa shape index (κ3) is 4.58. The topological polar surface area (TPSA) is 79.1 Å². The molecule has 30 heavy (non-hydrogen) atoms. The van der Waals surface area contributed by atoms with Gasteiger partial charge < -0.3 is 24.8 Å². The Morgan fingerprint density at radius 2 is 1.73 bits per heavy atom. The van der Waals surface area contributed by atoms with E-state index in [4.69, 9.17) is 9.47 Å². The molecule has 0 spiro atoms. The number of rotatable bonds is 7. The van der Waals surface area contributed by atoms with Gasteiger partial charge in [-0.2, -0.15) is 0 Å². The number of para-hydroxylation sites is 1. The number of aromatic nitrogens is 2. The number of benzene rings is 3. The summed E-state index contributed by atoms with van der Waals surface area (Å²) in [7, 11) is 1.57. The van der Waals surface area contributed by atoms with Gasteiger partial charge in [0.1, 0.15) is 12.4 Å². The Balaban J connectivity index is 0.00000256. The van der Waals surface area contributed by atoms with Crippen molar-refractivity contribution in [1.29, 1.82) is 0 Å². The fourth-order valence-corrected chi connectivity index (χ4v) is 3.13. The van der Waals surface area contributed by atoms with Crippen LogP contribution >= 0.6 is 12.4 Å². The van der Waals surface area contributed by atoms with E-state index in [-0.39, 0.29) is 30.5 Å². The van der Waals surface area contributed by atoms with Crippen molar-refractivity contribution in [2.45, 2.75) is 13.2 Å². The summed E-state index contributed by atoms with van der Waals surface area (Å²) in [5.41, 5.74) is 3.41. The maximum atomic E-state index is 13.9. The molecule has 0 saturated heterocycles. The van der Waals surface area contributed by atoms with Gasteiger partial charge >= 0.3 is 5.69 Å². The Bertz CT molecular complexity index is 1210. The molecule has 0 bridgehead atoms. The van der Waals surface area contributed by atoms with Crippen LogP contribution < -0.4 is 20.5 Å². The van der Waals surface area contributed by atoms with Crippen LogP contribution in [-0.2, 0) is 13.2 Å². The largest absolute Gasteiger partial charge is 0.493 e. The average molecular weight is 430 g/mol. The first kappa shape index (κ1) is 21.3. The molecule has 8 heteroatoms. The molecule has 0 unspecified atom stereocenters. The summed E-state index contributed by atoms with van der Waals surface area (Å²) >= 11 is 0. The van der Waals surface area contributed by atoms with Gasteiger partial charge in [0, 0.05) is 23.4 Å². The lowest BCUT2D eigenvalue weighted by molar-refractivity contribution is 0.277. The van der Waals surface area contributed by atoms with Crippen LogP contribution in [0.15, 0.2) is 65.5 Å². The molecule has 4 aromatic rings. The Kier molecular flexibility index (Phi) is 6.64. The fourth-order valence-electron chi connectivity index (χ4n) is 3.13. The first-order valence-electron chi connectivity index (χ1n) is 9.12. The number of hydrogen-bond acceptors (Lipinski definition) is 4. The summed E-state index contributed by atoms with van der Waals surface area (Å²) in [6, 6.07) is 17.7. The number of aromatic amines is 2. The molecule has 3 aromatic carbocycles. The second-order valence-corrected chi connectivity index (χ2v) is 6.52. The minimum absolute atomic E-state index is 0. The highest BCUT2D eigenvalue weighted by Crippen LogP contribution is 2.32. The zero-order valence-electron chi connectivity index (χ0n) is 16.2. The zero-order valence-corrected chi connectivity index (χ0v) is 17.0. The maximum absolute atomic E-state index is 13.9. The lowest BCUT2D eigenvalue weighted by Crippen LogP contribution is -2.06. The van der Waals surface area contributed by atoms with Gasteiger partial charge in [-0.25, -0.2) is 9.18 Å². The molecule has 1 heterocycles. The van der Waals surface area contributed by atoms with Gasteiger partial charge in [0.25, 0.3) is 0 Å². The number of anilines is 1. The highest BCUT2D eigenvalue weighted by atomic mass is 35.5. The number of methoxy groups -OCH3 is 1. The molecule has 0 aliphatic rings. The van der Waals surface area contributed by atoms with Crippen molar-refractivity contribution >= 4 is 29.1 Å². The van der Waals surface area contributed by atoms with Crippen molar-refractivity contribution in [2.24, 2.45) is 0 Å². The number of halogens is 2. The van der Waals surface area contributed by atoms with E-state index in [1.54, 1.807) is 31.4 Å². The molecule has 1 aromatic heterocycles. The SMILES string of the molecule is COc1cccc(CNc2ccc3[nH]c(=O)[nH]c3c2)c1OCc1ccccc1F.Cl. The van der Waals surface area contributed by atoms with Crippen molar-refractivity contribution in [3.05, 3.63) is 88.1 Å². The summed E-state index contributed by atoms with van der Waals surface area (Å²) in [6.07, 6.45) is 0. The normalized spacial score (nSPS) is 10.5. The van der Waals surface area contributed by atoms with Crippen molar-refractivity contribution in [2.75, 3.05) is 12.4 Å². The summed E-state index contributed by atoms with van der Waals surface area (Å²) < 4.78 is 25.3. The number of H-pyrrole nitrogens is 2. The molecule has 4 rings (SSSR count). The van der Waals surface area contributed by atoms with Gasteiger partial charge in [0.15, 0.2) is 11.5 Å². The van der Waals surface area contributed by atoms with E-state index in [1.807, 2.05) is 30.3 Å². The molecule has 0 fully saturated rings. The zero-order chi connectivity index (χ0) is 20.2. The maximum Gasteiger partial charge on any atom is 0.323 e. The molecule has 0 aliphatic carbocycles. The summed E-state index contributed by atoms with van der Waals surface area (Å²) in [6.45, 7) is 0.556. The molecule has 3 N–H and O–H groups in total. The fraction of sp³-hybridized carbons (Fsp3) is 0.136. The highest BCUT2D eigenvalue weighted by Gasteiger charge is 2.12. The van der Waals surface area contributed by atoms with Gasteiger partial charge in [-0.05, 0) is 30.3 Å². The number of fused-ring (bicyclic) bond motifs is 1. The van der Waals surface area contributed by atoms with Crippen molar-refractivity contribution < 1.29 is 13.9 Å². The molecule has 0 saturated carbocycles. The van der Waals surface area contributed by atoms with Crippen molar-refractivity contribution in [1.82, 2.24) is 9.97 Å². The number of ether oxygens (including phenoxy) is 2. The van der Waals surface area contributed by atoms with Crippen LogP contribution in [0.1, 0.15) is 11.1 Å². The van der Waals surface area contributed by atoms with E-state index in [9.17, 15) is 9.18 Å². The minimum atomic E-state index is -0.309. The first-order valence-corrected chi connectivity index (χ1v) is 9.12. The third-order valence-electron chi connectivity index (χ3n) is 4.61. The van der Waals surface area contributed by atoms with Crippen LogP contribution in [0, 0.1) is 5.82 Å². The molecule has 0 atom stereocenters. The molecule has 156 valence electrons. The monoisotopic (exact) mass is 429 g/mol. The minimum Gasteiger partial charge on any atom is -0.493 e. The van der Waals surface area contributed by atoms with Crippen LogP contribution in [0.25, 0.3) is 11.0 Å². The summed E-state index contributed by atoms with van der Waals surface area (Å²) in [5.74, 6) is 0.823. The Morgan fingerprint density at radius 1 is 0.967 bits per heavy atom. The van der Waals surface area contributed by atoms with Crippen LogP contribution in [0.2, 0.25) is 0 Å². The quantitative estimate of drug-likeness (QED) is 0.400. The molecule has 0 aliphatic heterocycles.